The molecular weight excluding hydrogens is 350 g/mol. The average Bonchev–Trinajstić information content (AvgIpc) is 2.26. The molecule has 1 aromatic carbocycles. The van der Waals surface area contributed by atoms with Gasteiger partial charge in [-0.3, -0.25) is 13.3 Å². The van der Waals surface area contributed by atoms with Gasteiger partial charge in [0.15, 0.2) is 0 Å². The first kappa shape index (κ1) is 19.9. The van der Waals surface area contributed by atoms with Crippen molar-refractivity contribution >= 4 is 37.3 Å². The van der Waals surface area contributed by atoms with Gasteiger partial charge in [-0.25, -0.2) is 4.18 Å². The van der Waals surface area contributed by atoms with Crippen molar-refractivity contribution in [1.29, 1.82) is 0 Å². The third-order valence-electron chi connectivity index (χ3n) is 1.72. The molecule has 0 radical (unpaired) electrons. The van der Waals surface area contributed by atoms with E-state index in [0.29, 0.717) is 0 Å². The van der Waals surface area contributed by atoms with Crippen molar-refractivity contribution in [2.75, 3.05) is 12.3 Å². The van der Waals surface area contributed by atoms with Gasteiger partial charge in [-0.15, -0.1) is 0 Å². The summed E-state index contributed by atoms with van der Waals surface area (Å²) in [7, 11) is -8.66. The Labute approximate surface area is 123 Å². The summed E-state index contributed by atoms with van der Waals surface area (Å²) in [5, 5.41) is 0. The van der Waals surface area contributed by atoms with Crippen LogP contribution in [0.1, 0.15) is 6.92 Å². The predicted octanol–water partition coefficient (Wildman–Crippen LogP) is -0.421. The first-order chi connectivity index (χ1) is 9.38. The van der Waals surface area contributed by atoms with Crippen LogP contribution in [0.4, 0.5) is 5.69 Å². The van der Waals surface area contributed by atoms with E-state index in [0.717, 1.165) is 18.2 Å². The van der Waals surface area contributed by atoms with Crippen LogP contribution in [0.25, 0.3) is 0 Å². The summed E-state index contributed by atoms with van der Waals surface area (Å²) >= 11 is -2.56. The normalized spacial score (nSPS) is 13.1. The first-order valence-corrected chi connectivity index (χ1v) is 8.84. The molecule has 122 valence electrons. The molecular formula is C8H12NO9S3-. The molecule has 0 aromatic heterocycles. The van der Waals surface area contributed by atoms with Gasteiger partial charge in [0.2, 0.25) is 0 Å². The molecule has 0 spiro atoms. The van der Waals surface area contributed by atoms with Crippen LogP contribution >= 0.6 is 0 Å². The standard InChI is InChI=1S/C6H7NO5S2.C2H6O4S/c7-5-2-1-4(13(8)9)3-6(5)14(10,11)12;1-2-6-7(3,4)5/h1-3H,7H2,(H,8,9)(H,10,11,12);2H2,1H3,(H,3,4,5)/p-1. The second-order valence-electron chi connectivity index (χ2n) is 3.24. The van der Waals surface area contributed by atoms with Crippen LogP contribution in [-0.2, 0) is 35.8 Å². The lowest BCUT2D eigenvalue weighted by atomic mass is 10.3. The molecule has 0 bridgehead atoms. The highest BCUT2D eigenvalue weighted by Crippen LogP contribution is 2.20. The highest BCUT2D eigenvalue weighted by Gasteiger charge is 2.14. The SMILES string of the molecule is CCOS(=O)(=O)O.Nc1ccc(S(=O)[O-])cc1S(=O)(=O)O. The summed E-state index contributed by atoms with van der Waals surface area (Å²) in [6, 6.07) is 3.01. The number of anilines is 1. The van der Waals surface area contributed by atoms with E-state index in [1.165, 1.54) is 6.92 Å². The molecule has 0 saturated heterocycles. The predicted molar refractivity (Wildman–Crippen MR) is 71.0 cm³/mol. The van der Waals surface area contributed by atoms with Gasteiger partial charge < -0.3 is 10.3 Å². The number of hydrogen-bond acceptors (Lipinski definition) is 8. The van der Waals surface area contributed by atoms with E-state index in [1.807, 2.05) is 0 Å². The Morgan fingerprint density at radius 3 is 2.10 bits per heavy atom. The fraction of sp³-hybridized carbons (Fsp3) is 0.250. The topological polar surface area (TPSA) is 184 Å². The summed E-state index contributed by atoms with van der Waals surface area (Å²) in [5.74, 6) is 0. The monoisotopic (exact) mass is 362 g/mol. The Balaban J connectivity index is 0.000000486. The summed E-state index contributed by atoms with van der Waals surface area (Å²) in [5.41, 5.74) is 5.03. The Kier molecular flexibility index (Phi) is 7.38. The number of nitrogen functional groups attached to an aromatic ring is 1. The fourth-order valence-corrected chi connectivity index (χ4v) is 2.40. The van der Waals surface area contributed by atoms with Gasteiger partial charge >= 0.3 is 10.4 Å². The Hall–Kier alpha value is -1.09. The van der Waals surface area contributed by atoms with E-state index in [-0.39, 0.29) is 17.2 Å². The van der Waals surface area contributed by atoms with Crippen molar-refractivity contribution in [3.05, 3.63) is 18.2 Å². The van der Waals surface area contributed by atoms with Crippen molar-refractivity contribution in [1.82, 2.24) is 0 Å². The number of hydrogen-bond donors (Lipinski definition) is 3. The Morgan fingerprint density at radius 2 is 1.81 bits per heavy atom. The van der Waals surface area contributed by atoms with Gasteiger partial charge in [0.25, 0.3) is 10.1 Å². The molecule has 1 atom stereocenters. The lowest BCUT2D eigenvalue weighted by Gasteiger charge is -2.07. The van der Waals surface area contributed by atoms with Crippen LogP contribution in [0.2, 0.25) is 0 Å². The molecule has 0 amide bonds. The minimum atomic E-state index is -4.49. The quantitative estimate of drug-likeness (QED) is 0.361. The molecule has 0 heterocycles. The van der Waals surface area contributed by atoms with E-state index in [9.17, 15) is 25.6 Å². The zero-order valence-corrected chi connectivity index (χ0v) is 12.9. The van der Waals surface area contributed by atoms with E-state index < -0.39 is 36.5 Å². The molecule has 0 fully saturated rings. The molecule has 10 nitrogen and oxygen atoms in total. The van der Waals surface area contributed by atoms with Crippen LogP contribution in [0.5, 0.6) is 0 Å². The molecule has 0 aliphatic heterocycles. The van der Waals surface area contributed by atoms with Crippen LogP contribution in [0.15, 0.2) is 28.0 Å². The highest BCUT2D eigenvalue weighted by atomic mass is 32.3. The van der Waals surface area contributed by atoms with Gasteiger partial charge in [0, 0.05) is 4.90 Å². The Bertz CT molecular complexity index is 711. The van der Waals surface area contributed by atoms with E-state index in [2.05, 4.69) is 4.18 Å². The highest BCUT2D eigenvalue weighted by molar-refractivity contribution is 7.86. The van der Waals surface area contributed by atoms with Crippen LogP contribution in [-0.4, -0.2) is 41.3 Å². The summed E-state index contributed by atoms with van der Waals surface area (Å²) in [6.07, 6.45) is 0. The molecule has 1 unspecified atom stereocenters. The zero-order valence-electron chi connectivity index (χ0n) is 10.5. The second-order valence-corrected chi connectivity index (χ2v) is 6.67. The average molecular weight is 362 g/mol. The van der Waals surface area contributed by atoms with Crippen molar-refractivity contribution < 1.29 is 38.9 Å². The summed E-state index contributed by atoms with van der Waals surface area (Å²) < 4.78 is 81.7. The van der Waals surface area contributed by atoms with Gasteiger partial charge in [0.05, 0.1) is 12.3 Å². The van der Waals surface area contributed by atoms with Gasteiger partial charge in [-0.1, -0.05) is 0 Å². The van der Waals surface area contributed by atoms with E-state index in [4.69, 9.17) is 14.8 Å². The molecule has 21 heavy (non-hydrogen) atoms. The maximum Gasteiger partial charge on any atom is 0.397 e. The minimum Gasteiger partial charge on any atom is -0.768 e. The minimum absolute atomic E-state index is 0.0289. The van der Waals surface area contributed by atoms with Crippen LogP contribution < -0.4 is 5.73 Å². The zero-order chi connectivity index (χ0) is 16.8. The molecule has 0 aliphatic rings. The lowest BCUT2D eigenvalue weighted by molar-refractivity contribution is 0.283. The van der Waals surface area contributed by atoms with Gasteiger partial charge in [-0.05, 0) is 36.2 Å². The fourth-order valence-electron chi connectivity index (χ4n) is 0.991. The Morgan fingerprint density at radius 1 is 1.29 bits per heavy atom. The smallest absolute Gasteiger partial charge is 0.397 e. The molecule has 13 heteroatoms. The first-order valence-electron chi connectivity index (χ1n) is 4.96. The van der Waals surface area contributed by atoms with E-state index >= 15 is 0 Å². The van der Waals surface area contributed by atoms with Crippen molar-refractivity contribution in [2.45, 2.75) is 16.7 Å². The second kappa shape index (κ2) is 7.79. The van der Waals surface area contributed by atoms with E-state index in [1.54, 1.807) is 0 Å². The largest absolute Gasteiger partial charge is 0.768 e. The molecule has 1 aromatic rings. The lowest BCUT2D eigenvalue weighted by Crippen LogP contribution is -2.04. The van der Waals surface area contributed by atoms with Crippen LogP contribution in [0, 0.1) is 0 Å². The van der Waals surface area contributed by atoms with Gasteiger partial charge in [0.1, 0.15) is 4.90 Å². The number of benzene rings is 1. The third kappa shape index (κ3) is 8.05. The molecule has 4 N–H and O–H groups in total. The molecule has 0 aliphatic carbocycles. The maximum absolute atomic E-state index is 10.7. The molecule has 0 saturated carbocycles. The maximum atomic E-state index is 10.7. The van der Waals surface area contributed by atoms with Crippen molar-refractivity contribution in [3.8, 4) is 0 Å². The number of rotatable bonds is 4. The van der Waals surface area contributed by atoms with Gasteiger partial charge in [-0.2, -0.15) is 16.8 Å². The number of nitrogens with two attached hydrogens (primary N) is 1. The van der Waals surface area contributed by atoms with Crippen LogP contribution in [0.3, 0.4) is 0 Å². The van der Waals surface area contributed by atoms with Crippen molar-refractivity contribution in [2.24, 2.45) is 0 Å². The van der Waals surface area contributed by atoms with Crippen molar-refractivity contribution in [3.63, 3.8) is 0 Å². The third-order valence-corrected chi connectivity index (χ3v) is 3.80. The summed E-state index contributed by atoms with van der Waals surface area (Å²) in [4.78, 5) is -0.869. The summed E-state index contributed by atoms with van der Waals surface area (Å²) in [6.45, 7) is 1.44. The molecule has 1 rings (SSSR count).